The third kappa shape index (κ3) is 3.00. The fraction of sp³-hybridized carbons (Fsp3) is 0.133. The molecule has 0 amide bonds. The van der Waals surface area contributed by atoms with E-state index >= 15 is 0 Å². The van der Waals surface area contributed by atoms with E-state index in [4.69, 9.17) is 4.74 Å². The highest BCUT2D eigenvalue weighted by Gasteiger charge is 2.13. The second kappa shape index (κ2) is 5.97. The largest absolute Gasteiger partial charge is 0.497 e. The average Bonchev–Trinajstić information content (AvgIpc) is 2.47. The number of carbonyl (C=O) groups is 1. The number of benzene rings is 2. The molecule has 0 N–H and O–H groups in total. The highest BCUT2D eigenvalue weighted by atomic mass is 16.6. The summed E-state index contributed by atoms with van der Waals surface area (Å²) in [6, 6.07) is 12.1. The summed E-state index contributed by atoms with van der Waals surface area (Å²) in [6.45, 7) is 0. The lowest BCUT2D eigenvalue weighted by Gasteiger charge is -2.05. The molecule has 2 aromatic carbocycles. The van der Waals surface area contributed by atoms with Crippen molar-refractivity contribution >= 4 is 12.0 Å². The third-order valence-electron chi connectivity index (χ3n) is 2.98. The van der Waals surface area contributed by atoms with Gasteiger partial charge in [-0.2, -0.15) is 0 Å². The minimum absolute atomic E-state index is 0.0982. The Bertz CT molecular complexity index is 635. The van der Waals surface area contributed by atoms with Crippen LogP contribution < -0.4 is 4.74 Å². The number of nitro benzene ring substituents is 1. The van der Waals surface area contributed by atoms with Crippen LogP contribution in [0, 0.1) is 10.1 Å². The summed E-state index contributed by atoms with van der Waals surface area (Å²) >= 11 is 0. The minimum Gasteiger partial charge on any atom is -0.497 e. The maximum atomic E-state index is 10.9. The first-order valence-corrected chi connectivity index (χ1v) is 5.99. The van der Waals surface area contributed by atoms with Gasteiger partial charge in [0.2, 0.25) is 0 Å². The Hall–Kier alpha value is -2.69. The van der Waals surface area contributed by atoms with Gasteiger partial charge in [0.05, 0.1) is 17.6 Å². The number of hydrogen-bond acceptors (Lipinski definition) is 4. The van der Waals surface area contributed by atoms with E-state index in [0.717, 1.165) is 16.9 Å². The van der Waals surface area contributed by atoms with Crippen LogP contribution in [0.4, 0.5) is 5.69 Å². The number of carbonyl (C=O) groups excluding carboxylic acids is 1. The normalized spacial score (nSPS) is 10.1. The molecule has 5 nitrogen and oxygen atoms in total. The van der Waals surface area contributed by atoms with Gasteiger partial charge in [0.1, 0.15) is 5.75 Å². The Labute approximate surface area is 116 Å². The average molecular weight is 271 g/mol. The highest BCUT2D eigenvalue weighted by molar-refractivity contribution is 5.81. The maximum Gasteiger partial charge on any atom is 0.279 e. The molecule has 2 rings (SSSR count). The zero-order chi connectivity index (χ0) is 14.5. The van der Waals surface area contributed by atoms with Crippen LogP contribution >= 0.6 is 0 Å². The van der Waals surface area contributed by atoms with Crippen LogP contribution in [0.3, 0.4) is 0 Å². The minimum atomic E-state index is -0.555. The SMILES string of the molecule is COc1ccc(Cc2ccc([N+](=O)[O-])c(C=O)c2)cc1. The molecule has 0 aliphatic carbocycles. The molecule has 20 heavy (non-hydrogen) atoms. The van der Waals surface area contributed by atoms with E-state index < -0.39 is 4.92 Å². The number of nitro groups is 1. The van der Waals surface area contributed by atoms with Crippen molar-refractivity contribution in [1.82, 2.24) is 0 Å². The molecule has 0 aliphatic heterocycles. The van der Waals surface area contributed by atoms with Crippen LogP contribution in [0.15, 0.2) is 42.5 Å². The molecule has 2 aromatic rings. The van der Waals surface area contributed by atoms with Gasteiger partial charge in [-0.3, -0.25) is 14.9 Å². The van der Waals surface area contributed by atoms with E-state index in [9.17, 15) is 14.9 Å². The fourth-order valence-electron chi connectivity index (χ4n) is 1.95. The first kappa shape index (κ1) is 13.7. The summed E-state index contributed by atoms with van der Waals surface area (Å²) in [5.41, 5.74) is 1.82. The van der Waals surface area contributed by atoms with Gasteiger partial charge in [0, 0.05) is 6.07 Å². The smallest absolute Gasteiger partial charge is 0.279 e. The zero-order valence-electron chi connectivity index (χ0n) is 10.9. The number of methoxy groups -OCH3 is 1. The Balaban J connectivity index is 2.24. The van der Waals surface area contributed by atoms with Gasteiger partial charge in [0.15, 0.2) is 6.29 Å². The predicted octanol–water partition coefficient (Wildman–Crippen LogP) is 3.01. The molecular weight excluding hydrogens is 258 g/mol. The Morgan fingerprint density at radius 3 is 2.35 bits per heavy atom. The van der Waals surface area contributed by atoms with Gasteiger partial charge in [-0.25, -0.2) is 0 Å². The Morgan fingerprint density at radius 2 is 1.80 bits per heavy atom. The summed E-state index contributed by atoms with van der Waals surface area (Å²) < 4.78 is 5.08. The van der Waals surface area contributed by atoms with Crippen molar-refractivity contribution < 1.29 is 14.5 Å². The second-order valence-electron chi connectivity index (χ2n) is 4.29. The zero-order valence-corrected chi connectivity index (χ0v) is 10.9. The van der Waals surface area contributed by atoms with Crippen molar-refractivity contribution in [3.05, 3.63) is 69.3 Å². The van der Waals surface area contributed by atoms with Crippen molar-refractivity contribution in [1.29, 1.82) is 0 Å². The summed E-state index contributed by atoms with van der Waals surface area (Å²) in [6.07, 6.45) is 1.11. The Morgan fingerprint density at radius 1 is 1.15 bits per heavy atom. The van der Waals surface area contributed by atoms with E-state index in [0.29, 0.717) is 12.7 Å². The molecule has 0 bridgehead atoms. The lowest BCUT2D eigenvalue weighted by molar-refractivity contribution is -0.385. The third-order valence-corrected chi connectivity index (χ3v) is 2.98. The van der Waals surface area contributed by atoms with Crippen LogP contribution in [0.1, 0.15) is 21.5 Å². The van der Waals surface area contributed by atoms with E-state index in [2.05, 4.69) is 0 Å². The Kier molecular flexibility index (Phi) is 4.10. The van der Waals surface area contributed by atoms with E-state index in [1.807, 2.05) is 24.3 Å². The van der Waals surface area contributed by atoms with Crippen molar-refractivity contribution in [2.24, 2.45) is 0 Å². The summed E-state index contributed by atoms with van der Waals surface area (Å²) in [4.78, 5) is 21.1. The highest BCUT2D eigenvalue weighted by Crippen LogP contribution is 2.21. The van der Waals surface area contributed by atoms with Gasteiger partial charge >= 0.3 is 0 Å². The molecular formula is C15H13NO4. The van der Waals surface area contributed by atoms with Crippen LogP contribution in [-0.4, -0.2) is 18.3 Å². The van der Waals surface area contributed by atoms with Crippen LogP contribution in [0.2, 0.25) is 0 Å². The van der Waals surface area contributed by atoms with Gasteiger partial charge in [0.25, 0.3) is 5.69 Å². The molecule has 0 atom stereocenters. The van der Waals surface area contributed by atoms with Crippen LogP contribution in [0.25, 0.3) is 0 Å². The van der Waals surface area contributed by atoms with Crippen LogP contribution in [0.5, 0.6) is 5.75 Å². The molecule has 0 aliphatic rings. The summed E-state index contributed by atoms with van der Waals surface area (Å²) in [7, 11) is 1.60. The van der Waals surface area contributed by atoms with Gasteiger partial charge in [-0.15, -0.1) is 0 Å². The van der Waals surface area contributed by atoms with E-state index in [-0.39, 0.29) is 11.3 Å². The number of aldehydes is 1. The number of ether oxygens (including phenoxy) is 1. The molecule has 0 aromatic heterocycles. The number of rotatable bonds is 5. The molecule has 0 spiro atoms. The molecule has 0 saturated heterocycles. The molecule has 0 radical (unpaired) electrons. The van der Waals surface area contributed by atoms with Crippen LogP contribution in [-0.2, 0) is 6.42 Å². The molecule has 0 heterocycles. The van der Waals surface area contributed by atoms with Gasteiger partial charge < -0.3 is 4.74 Å². The topological polar surface area (TPSA) is 69.4 Å². The lowest BCUT2D eigenvalue weighted by Crippen LogP contribution is -1.97. The van der Waals surface area contributed by atoms with E-state index in [1.54, 1.807) is 19.2 Å². The quantitative estimate of drug-likeness (QED) is 0.476. The molecule has 0 saturated carbocycles. The maximum absolute atomic E-state index is 10.9. The molecule has 102 valence electrons. The monoisotopic (exact) mass is 271 g/mol. The van der Waals surface area contributed by atoms with E-state index in [1.165, 1.54) is 6.07 Å². The lowest BCUT2D eigenvalue weighted by atomic mass is 10.0. The molecule has 0 fully saturated rings. The van der Waals surface area contributed by atoms with Crippen molar-refractivity contribution in [2.45, 2.75) is 6.42 Å². The standard InChI is InChI=1S/C15H13NO4/c1-20-14-5-2-11(3-6-14)8-12-4-7-15(16(18)19)13(9-12)10-17/h2-7,9-10H,8H2,1H3. The predicted molar refractivity (Wildman–Crippen MR) is 74.3 cm³/mol. The first-order valence-electron chi connectivity index (χ1n) is 5.99. The summed E-state index contributed by atoms with van der Waals surface area (Å²) in [5.74, 6) is 0.769. The summed E-state index contributed by atoms with van der Waals surface area (Å²) in [5, 5.41) is 10.8. The van der Waals surface area contributed by atoms with Gasteiger partial charge in [-0.05, 0) is 35.7 Å². The molecule has 5 heteroatoms. The fourth-order valence-corrected chi connectivity index (χ4v) is 1.95. The number of hydrogen-bond donors (Lipinski definition) is 0. The molecule has 0 unspecified atom stereocenters. The van der Waals surface area contributed by atoms with Crippen molar-refractivity contribution in [2.75, 3.05) is 7.11 Å². The van der Waals surface area contributed by atoms with Crippen molar-refractivity contribution in [3.8, 4) is 5.75 Å². The number of nitrogens with zero attached hydrogens (tertiary/aromatic N) is 1. The van der Waals surface area contributed by atoms with Gasteiger partial charge in [-0.1, -0.05) is 18.2 Å². The first-order chi connectivity index (χ1) is 9.63. The van der Waals surface area contributed by atoms with Crippen molar-refractivity contribution in [3.63, 3.8) is 0 Å². The second-order valence-corrected chi connectivity index (χ2v) is 4.29.